The molecule has 0 bridgehead atoms. The third kappa shape index (κ3) is 6.36. The lowest BCUT2D eigenvalue weighted by atomic mass is 9.85. The van der Waals surface area contributed by atoms with Crippen LogP contribution in [-0.2, 0) is 16.1 Å². The minimum Gasteiger partial charge on any atom is -0.340 e. The average molecular weight is 364 g/mol. The summed E-state index contributed by atoms with van der Waals surface area (Å²) in [5.41, 5.74) is 5.04. The van der Waals surface area contributed by atoms with E-state index in [9.17, 15) is 14.4 Å². The number of hydroxylamine groups is 1. The predicted molar refractivity (Wildman–Crippen MR) is 96.6 cm³/mol. The molecule has 1 rings (SSSR count). The lowest BCUT2D eigenvalue weighted by Gasteiger charge is -2.28. The van der Waals surface area contributed by atoms with Gasteiger partial charge in [0.15, 0.2) is 0 Å². The first-order chi connectivity index (χ1) is 12.3. The van der Waals surface area contributed by atoms with Gasteiger partial charge in [-0.3, -0.25) is 20.2 Å². The molecule has 4 N–H and O–H groups in total. The highest BCUT2D eigenvalue weighted by Gasteiger charge is 2.32. The summed E-state index contributed by atoms with van der Waals surface area (Å²) in [6.45, 7) is 5.62. The number of urea groups is 1. The molecule has 0 aliphatic carbocycles. The third-order valence-corrected chi connectivity index (χ3v) is 4.08. The number of hydrazine groups is 1. The molecule has 0 aromatic heterocycles. The number of rotatable bonds is 7. The molecule has 2 atom stereocenters. The van der Waals surface area contributed by atoms with Crippen LogP contribution in [0.4, 0.5) is 4.79 Å². The van der Waals surface area contributed by atoms with Gasteiger partial charge in [0.05, 0.1) is 12.5 Å². The Kier molecular flexibility index (Phi) is 8.57. The van der Waals surface area contributed by atoms with Crippen molar-refractivity contribution < 1.29 is 19.6 Å². The summed E-state index contributed by atoms with van der Waals surface area (Å²) in [6.07, 6.45) is 0.438. The Labute approximate surface area is 153 Å². The van der Waals surface area contributed by atoms with E-state index in [0.29, 0.717) is 6.42 Å². The second-order valence-electron chi connectivity index (χ2n) is 6.60. The van der Waals surface area contributed by atoms with Crippen LogP contribution in [0, 0.1) is 17.8 Å². The van der Waals surface area contributed by atoms with Gasteiger partial charge in [-0.05, 0) is 17.9 Å². The topological polar surface area (TPSA) is 111 Å². The number of hydrogen-bond donors (Lipinski definition) is 4. The molecule has 0 saturated heterocycles. The minimum absolute atomic E-state index is 0.155. The zero-order chi connectivity index (χ0) is 19.7. The Bertz CT molecular complexity index is 606. The van der Waals surface area contributed by atoms with Crippen LogP contribution in [0.1, 0.15) is 32.8 Å². The highest BCUT2D eigenvalue weighted by atomic mass is 16.5. The van der Waals surface area contributed by atoms with Crippen molar-refractivity contribution in [3.63, 3.8) is 0 Å². The molecule has 0 aliphatic heterocycles. The summed E-state index contributed by atoms with van der Waals surface area (Å²) >= 11 is 0. The summed E-state index contributed by atoms with van der Waals surface area (Å²) in [4.78, 5) is 36.7. The number of benzene rings is 1. The number of hydrogen-bond acceptors (Lipinski definition) is 4. The van der Waals surface area contributed by atoms with E-state index in [4.69, 9.17) is 5.21 Å². The zero-order valence-electron chi connectivity index (χ0n) is 15.7. The molecule has 1 unspecified atom stereocenters. The summed E-state index contributed by atoms with van der Waals surface area (Å²) in [7, 11) is 1.47. The zero-order valence-corrected chi connectivity index (χ0v) is 15.7. The molecule has 1 aromatic rings. The number of nitrogens with zero attached hydrogens (tertiary/aromatic N) is 1. The van der Waals surface area contributed by atoms with Crippen LogP contribution in [0.5, 0.6) is 0 Å². The van der Waals surface area contributed by atoms with Crippen molar-refractivity contribution >= 4 is 17.8 Å². The molecular formula is C18H28N4O4. The molecule has 8 nitrogen and oxygen atoms in total. The molecule has 0 spiro atoms. The van der Waals surface area contributed by atoms with E-state index in [1.807, 2.05) is 44.2 Å². The largest absolute Gasteiger partial charge is 0.340 e. The van der Waals surface area contributed by atoms with Gasteiger partial charge in [-0.2, -0.15) is 0 Å². The van der Waals surface area contributed by atoms with E-state index >= 15 is 0 Å². The van der Waals surface area contributed by atoms with Crippen molar-refractivity contribution in [1.29, 1.82) is 0 Å². The average Bonchev–Trinajstić information content (AvgIpc) is 2.64. The van der Waals surface area contributed by atoms with Gasteiger partial charge < -0.3 is 5.32 Å². The minimum atomic E-state index is -0.745. The first-order valence-electron chi connectivity index (χ1n) is 8.57. The Balaban J connectivity index is 2.95. The van der Waals surface area contributed by atoms with Crippen LogP contribution in [0.2, 0.25) is 0 Å². The van der Waals surface area contributed by atoms with E-state index in [-0.39, 0.29) is 12.5 Å². The maximum absolute atomic E-state index is 12.8. The maximum Gasteiger partial charge on any atom is 0.336 e. The van der Waals surface area contributed by atoms with E-state index in [2.05, 4.69) is 10.7 Å². The maximum atomic E-state index is 12.8. The van der Waals surface area contributed by atoms with Gasteiger partial charge in [-0.1, -0.05) is 51.1 Å². The molecular weight excluding hydrogens is 336 g/mol. The highest BCUT2D eigenvalue weighted by molar-refractivity contribution is 5.88. The first-order valence-corrected chi connectivity index (χ1v) is 8.57. The lowest BCUT2D eigenvalue weighted by Crippen LogP contribution is -2.52. The fourth-order valence-electron chi connectivity index (χ4n) is 2.61. The van der Waals surface area contributed by atoms with Crippen LogP contribution in [0.15, 0.2) is 30.3 Å². The second-order valence-corrected chi connectivity index (χ2v) is 6.60. The third-order valence-electron chi connectivity index (χ3n) is 4.08. The molecule has 1 aromatic carbocycles. The summed E-state index contributed by atoms with van der Waals surface area (Å²) in [6, 6.07) is 8.76. The van der Waals surface area contributed by atoms with Gasteiger partial charge in [-0.25, -0.2) is 15.3 Å². The smallest absolute Gasteiger partial charge is 0.336 e. The van der Waals surface area contributed by atoms with Gasteiger partial charge in [0, 0.05) is 13.0 Å². The fraction of sp³-hybridized carbons (Fsp3) is 0.500. The van der Waals surface area contributed by atoms with Crippen LogP contribution < -0.4 is 16.2 Å². The molecule has 26 heavy (non-hydrogen) atoms. The Hall–Kier alpha value is -2.61. The lowest BCUT2D eigenvalue weighted by molar-refractivity contribution is -0.141. The molecule has 0 heterocycles. The molecule has 8 heteroatoms. The molecule has 0 saturated carbocycles. The molecule has 0 radical (unpaired) electrons. The van der Waals surface area contributed by atoms with E-state index in [0.717, 1.165) is 5.56 Å². The van der Waals surface area contributed by atoms with Crippen molar-refractivity contribution in [3.05, 3.63) is 35.9 Å². The Morgan fingerprint density at radius 3 is 2.19 bits per heavy atom. The quantitative estimate of drug-likeness (QED) is 0.435. The molecule has 4 amide bonds. The molecule has 0 aliphatic rings. The molecule has 144 valence electrons. The normalized spacial score (nSPS) is 12.8. The van der Waals surface area contributed by atoms with Crippen LogP contribution >= 0.6 is 0 Å². The van der Waals surface area contributed by atoms with Crippen LogP contribution in [-0.4, -0.2) is 35.1 Å². The molecule has 0 fully saturated rings. The fourth-order valence-corrected chi connectivity index (χ4v) is 2.61. The summed E-state index contributed by atoms with van der Waals surface area (Å²) in [5.74, 6) is -2.37. The van der Waals surface area contributed by atoms with Crippen molar-refractivity contribution in [2.45, 2.75) is 33.7 Å². The highest BCUT2D eigenvalue weighted by Crippen LogP contribution is 2.21. The van der Waals surface area contributed by atoms with Crippen molar-refractivity contribution in [2.24, 2.45) is 17.8 Å². The van der Waals surface area contributed by atoms with Gasteiger partial charge in [0.1, 0.15) is 0 Å². The first kappa shape index (κ1) is 21.4. The summed E-state index contributed by atoms with van der Waals surface area (Å²) < 4.78 is 0. The van der Waals surface area contributed by atoms with Crippen molar-refractivity contribution in [3.8, 4) is 0 Å². The standard InChI is InChI=1S/C18H28N4O4/c1-12(2)10-15(13(3)16(23)21-26)17(24)20-22(18(25)19-4)11-14-8-6-5-7-9-14/h5-9,12-13,15,26H,10-11H2,1-4H3,(H,19,25)(H,20,24)(H,21,23)/t13?,15-/m1/s1. The van der Waals surface area contributed by atoms with E-state index in [1.54, 1.807) is 12.4 Å². The van der Waals surface area contributed by atoms with Crippen molar-refractivity contribution in [1.82, 2.24) is 21.2 Å². The SMILES string of the molecule is CNC(=O)N(Cc1ccccc1)NC(=O)[C@H](CC(C)C)C(C)C(=O)NO. The number of carbonyl (C=O) groups excluding carboxylic acids is 3. The van der Waals surface area contributed by atoms with Crippen LogP contribution in [0.3, 0.4) is 0 Å². The number of amides is 4. The predicted octanol–water partition coefficient (Wildman–Crippen LogP) is 1.66. The Morgan fingerprint density at radius 2 is 1.69 bits per heavy atom. The monoisotopic (exact) mass is 364 g/mol. The van der Waals surface area contributed by atoms with E-state index in [1.165, 1.54) is 12.1 Å². The van der Waals surface area contributed by atoms with E-state index < -0.39 is 29.7 Å². The van der Waals surface area contributed by atoms with Gasteiger partial charge in [0.25, 0.3) is 0 Å². The van der Waals surface area contributed by atoms with Crippen LogP contribution in [0.25, 0.3) is 0 Å². The summed E-state index contributed by atoms with van der Waals surface area (Å²) in [5, 5.41) is 12.5. The van der Waals surface area contributed by atoms with Gasteiger partial charge in [-0.15, -0.1) is 0 Å². The number of nitrogens with one attached hydrogen (secondary N) is 3. The Morgan fingerprint density at radius 1 is 1.08 bits per heavy atom. The number of carbonyl (C=O) groups is 3. The second kappa shape index (κ2) is 10.4. The van der Waals surface area contributed by atoms with Crippen molar-refractivity contribution in [2.75, 3.05) is 7.05 Å². The van der Waals surface area contributed by atoms with Gasteiger partial charge >= 0.3 is 6.03 Å². The van der Waals surface area contributed by atoms with Gasteiger partial charge in [0.2, 0.25) is 11.8 Å².